The zero-order valence-electron chi connectivity index (χ0n) is 8.29. The fourth-order valence-electron chi connectivity index (χ4n) is 1.17. The van der Waals surface area contributed by atoms with Crippen molar-refractivity contribution in [1.29, 1.82) is 0 Å². The van der Waals surface area contributed by atoms with E-state index in [1.807, 2.05) is 0 Å². The second kappa shape index (κ2) is 4.88. The molecule has 1 N–H and O–H groups in total. The first-order valence-electron chi connectivity index (χ1n) is 4.36. The molecule has 82 valence electrons. The number of nitrogens with zero attached hydrogens (tertiary/aromatic N) is 1. The largest absolute Gasteiger partial charge is 0.478 e. The first-order chi connectivity index (χ1) is 7.54. The Bertz CT molecular complexity index is 477. The van der Waals surface area contributed by atoms with Crippen molar-refractivity contribution in [3.63, 3.8) is 0 Å². The number of aliphatic carboxylic acids is 1. The summed E-state index contributed by atoms with van der Waals surface area (Å²) in [5, 5.41) is 19.0. The minimum Gasteiger partial charge on any atom is -0.478 e. The summed E-state index contributed by atoms with van der Waals surface area (Å²) in [5.74, 6) is -1.08. The van der Waals surface area contributed by atoms with Crippen LogP contribution in [0.5, 0.6) is 0 Å². The van der Waals surface area contributed by atoms with Gasteiger partial charge in [-0.2, -0.15) is 0 Å². The lowest BCUT2D eigenvalue weighted by Gasteiger charge is -2.00. The van der Waals surface area contributed by atoms with E-state index in [0.29, 0.717) is 11.1 Å². The highest BCUT2D eigenvalue weighted by atomic mass is 16.6. The molecule has 0 amide bonds. The van der Waals surface area contributed by atoms with Crippen molar-refractivity contribution in [1.82, 2.24) is 0 Å². The van der Waals surface area contributed by atoms with Crippen molar-refractivity contribution in [2.24, 2.45) is 0 Å². The van der Waals surface area contributed by atoms with Crippen molar-refractivity contribution in [3.8, 4) is 0 Å². The highest BCUT2D eigenvalue weighted by Gasteiger charge is 2.07. The lowest BCUT2D eigenvalue weighted by molar-refractivity contribution is -0.384. The Balaban J connectivity index is 3.16. The molecular formula is C11H9NO4. The van der Waals surface area contributed by atoms with Gasteiger partial charge in [-0.25, -0.2) is 4.79 Å². The molecule has 0 radical (unpaired) electrons. The van der Waals surface area contributed by atoms with Crippen LogP contribution in [-0.4, -0.2) is 16.0 Å². The molecule has 0 saturated heterocycles. The minimum absolute atomic E-state index is 0.0534. The van der Waals surface area contributed by atoms with Crippen LogP contribution in [0.3, 0.4) is 0 Å². The molecule has 0 aliphatic heterocycles. The Morgan fingerprint density at radius 3 is 2.62 bits per heavy atom. The Morgan fingerprint density at radius 1 is 1.44 bits per heavy atom. The van der Waals surface area contributed by atoms with Crippen LogP contribution in [0.4, 0.5) is 5.69 Å². The quantitative estimate of drug-likeness (QED) is 0.478. The van der Waals surface area contributed by atoms with Crippen LogP contribution >= 0.6 is 0 Å². The average Bonchev–Trinajstić information content (AvgIpc) is 2.25. The van der Waals surface area contributed by atoms with Gasteiger partial charge in [0.25, 0.3) is 5.69 Å². The lowest BCUT2D eigenvalue weighted by atomic mass is 10.1. The topological polar surface area (TPSA) is 80.4 Å². The number of nitro benzene ring substituents is 1. The second-order valence-corrected chi connectivity index (χ2v) is 2.95. The maximum absolute atomic E-state index is 10.5. The second-order valence-electron chi connectivity index (χ2n) is 2.95. The third-order valence-electron chi connectivity index (χ3n) is 1.91. The van der Waals surface area contributed by atoms with E-state index in [0.717, 1.165) is 6.08 Å². The molecule has 0 aromatic heterocycles. The van der Waals surface area contributed by atoms with E-state index in [-0.39, 0.29) is 5.69 Å². The number of benzene rings is 1. The van der Waals surface area contributed by atoms with Gasteiger partial charge in [-0.15, -0.1) is 0 Å². The van der Waals surface area contributed by atoms with E-state index in [2.05, 4.69) is 6.58 Å². The summed E-state index contributed by atoms with van der Waals surface area (Å²) in [5.41, 5.74) is 1.04. The van der Waals surface area contributed by atoms with Crippen LogP contribution in [0.25, 0.3) is 12.2 Å². The fraction of sp³-hybridized carbons (Fsp3) is 0. The summed E-state index contributed by atoms with van der Waals surface area (Å²) < 4.78 is 0. The third kappa shape index (κ3) is 2.78. The molecule has 1 aromatic carbocycles. The average molecular weight is 219 g/mol. The highest BCUT2D eigenvalue weighted by Crippen LogP contribution is 2.19. The predicted octanol–water partition coefficient (Wildman–Crippen LogP) is 2.34. The summed E-state index contributed by atoms with van der Waals surface area (Å²) in [6.45, 7) is 3.52. The molecule has 0 spiro atoms. The molecule has 0 unspecified atom stereocenters. The molecule has 0 aliphatic rings. The number of rotatable bonds is 4. The molecule has 1 aromatic rings. The van der Waals surface area contributed by atoms with Gasteiger partial charge in [0.05, 0.1) is 4.92 Å². The van der Waals surface area contributed by atoms with E-state index in [4.69, 9.17) is 5.11 Å². The van der Waals surface area contributed by atoms with E-state index in [1.54, 1.807) is 0 Å². The molecule has 5 heteroatoms. The van der Waals surface area contributed by atoms with Crippen molar-refractivity contribution in [2.75, 3.05) is 0 Å². The van der Waals surface area contributed by atoms with Gasteiger partial charge in [0.15, 0.2) is 0 Å². The fourth-order valence-corrected chi connectivity index (χ4v) is 1.17. The summed E-state index contributed by atoms with van der Waals surface area (Å²) in [6, 6.07) is 4.14. The van der Waals surface area contributed by atoms with Crippen LogP contribution in [0.1, 0.15) is 11.1 Å². The first-order valence-corrected chi connectivity index (χ1v) is 4.36. The molecule has 0 atom stereocenters. The Kier molecular flexibility index (Phi) is 3.55. The molecule has 0 aliphatic carbocycles. The van der Waals surface area contributed by atoms with Crippen LogP contribution in [0.2, 0.25) is 0 Å². The van der Waals surface area contributed by atoms with Gasteiger partial charge >= 0.3 is 5.97 Å². The van der Waals surface area contributed by atoms with Crippen LogP contribution in [0, 0.1) is 10.1 Å². The summed E-state index contributed by atoms with van der Waals surface area (Å²) >= 11 is 0. The Morgan fingerprint density at radius 2 is 2.12 bits per heavy atom. The van der Waals surface area contributed by atoms with Crippen molar-refractivity contribution in [3.05, 3.63) is 52.1 Å². The van der Waals surface area contributed by atoms with E-state index >= 15 is 0 Å². The molecule has 0 bridgehead atoms. The zero-order valence-corrected chi connectivity index (χ0v) is 8.29. The minimum atomic E-state index is -1.08. The normalized spacial score (nSPS) is 10.2. The molecule has 16 heavy (non-hydrogen) atoms. The molecular weight excluding hydrogens is 210 g/mol. The van der Waals surface area contributed by atoms with E-state index in [1.165, 1.54) is 30.4 Å². The maximum atomic E-state index is 10.5. The number of non-ortho nitro benzene ring substituents is 1. The molecule has 0 saturated carbocycles. The van der Waals surface area contributed by atoms with Gasteiger partial charge < -0.3 is 5.11 Å². The van der Waals surface area contributed by atoms with Gasteiger partial charge in [-0.1, -0.05) is 12.7 Å². The molecule has 0 fully saturated rings. The predicted molar refractivity (Wildman–Crippen MR) is 59.9 cm³/mol. The number of carbonyl (C=O) groups is 1. The number of nitro groups is 1. The number of hydrogen-bond acceptors (Lipinski definition) is 3. The SMILES string of the molecule is C=Cc1cc([N+](=O)[O-])ccc1C=CC(=O)O. The number of carboxylic acids is 1. The Labute approximate surface area is 91.5 Å². The molecule has 1 rings (SSSR count). The van der Waals surface area contributed by atoms with Crippen LogP contribution < -0.4 is 0 Å². The molecule has 0 heterocycles. The summed E-state index contributed by atoms with van der Waals surface area (Å²) in [7, 11) is 0. The van der Waals surface area contributed by atoms with Crippen LogP contribution in [0.15, 0.2) is 30.9 Å². The van der Waals surface area contributed by atoms with Gasteiger partial charge in [0.1, 0.15) is 0 Å². The smallest absolute Gasteiger partial charge is 0.328 e. The highest BCUT2D eigenvalue weighted by molar-refractivity contribution is 5.86. The van der Waals surface area contributed by atoms with E-state index < -0.39 is 10.9 Å². The monoisotopic (exact) mass is 219 g/mol. The van der Waals surface area contributed by atoms with Gasteiger partial charge in [-0.05, 0) is 23.3 Å². The summed E-state index contributed by atoms with van der Waals surface area (Å²) in [4.78, 5) is 20.3. The lowest BCUT2D eigenvalue weighted by Crippen LogP contribution is -1.91. The van der Waals surface area contributed by atoms with E-state index in [9.17, 15) is 14.9 Å². The van der Waals surface area contributed by atoms with Gasteiger partial charge in [0.2, 0.25) is 0 Å². The standard InChI is InChI=1S/C11H9NO4/c1-2-8-7-10(12(15)16)5-3-9(8)4-6-11(13)14/h2-7H,1H2,(H,13,14). The van der Waals surface area contributed by atoms with Gasteiger partial charge in [-0.3, -0.25) is 10.1 Å². The molecule has 5 nitrogen and oxygen atoms in total. The number of carboxylic acid groups (broad SMARTS) is 1. The van der Waals surface area contributed by atoms with Crippen molar-refractivity contribution < 1.29 is 14.8 Å². The maximum Gasteiger partial charge on any atom is 0.328 e. The first kappa shape index (κ1) is 11.6. The van der Waals surface area contributed by atoms with Crippen LogP contribution in [-0.2, 0) is 4.79 Å². The summed E-state index contributed by atoms with van der Waals surface area (Å²) in [6.07, 6.45) is 3.77. The van der Waals surface area contributed by atoms with Crippen molar-refractivity contribution >= 4 is 23.8 Å². The van der Waals surface area contributed by atoms with Gasteiger partial charge in [0, 0.05) is 18.2 Å². The Hall–Kier alpha value is -2.43. The third-order valence-corrected chi connectivity index (χ3v) is 1.91. The number of hydrogen-bond donors (Lipinski definition) is 1. The zero-order chi connectivity index (χ0) is 12.1. The van der Waals surface area contributed by atoms with Crippen molar-refractivity contribution in [2.45, 2.75) is 0 Å².